The third-order valence-corrected chi connectivity index (χ3v) is 5.26. The molecule has 138 valence electrons. The van der Waals surface area contributed by atoms with Gasteiger partial charge in [0.2, 0.25) is 0 Å². The maximum atomic E-state index is 2.50. The third kappa shape index (κ3) is 3.25. The fourth-order valence-corrected chi connectivity index (χ4v) is 4.27. The number of hydrogen-bond acceptors (Lipinski definition) is 2. The van der Waals surface area contributed by atoms with Crippen molar-refractivity contribution in [3.05, 3.63) is 70.0 Å². The SMILES string of the molecule is Cc1cc(C)c(N2C=C(C(C)(C)C)N(c3c(C)cccc3C)C2)c(C)c1. The van der Waals surface area contributed by atoms with E-state index in [9.17, 15) is 0 Å². The van der Waals surface area contributed by atoms with E-state index in [-0.39, 0.29) is 5.41 Å². The van der Waals surface area contributed by atoms with Gasteiger partial charge < -0.3 is 9.80 Å². The Morgan fingerprint density at radius 2 is 1.31 bits per heavy atom. The summed E-state index contributed by atoms with van der Waals surface area (Å²) in [5, 5.41) is 0. The minimum absolute atomic E-state index is 0.0793. The lowest BCUT2D eigenvalue weighted by molar-refractivity contribution is 0.492. The maximum absolute atomic E-state index is 2.50. The predicted octanol–water partition coefficient (Wildman–Crippen LogP) is 6.40. The third-order valence-electron chi connectivity index (χ3n) is 5.26. The molecule has 0 N–H and O–H groups in total. The number of anilines is 2. The molecule has 26 heavy (non-hydrogen) atoms. The highest BCUT2D eigenvalue weighted by atomic mass is 15.4. The highest BCUT2D eigenvalue weighted by Crippen LogP contribution is 2.41. The molecule has 0 aliphatic carbocycles. The molecule has 0 saturated heterocycles. The van der Waals surface area contributed by atoms with Gasteiger partial charge in [-0.2, -0.15) is 0 Å². The molecule has 2 aromatic rings. The van der Waals surface area contributed by atoms with Gasteiger partial charge in [0.1, 0.15) is 0 Å². The molecule has 3 rings (SSSR count). The lowest BCUT2D eigenvalue weighted by atomic mass is 9.91. The predicted molar refractivity (Wildman–Crippen MR) is 114 cm³/mol. The van der Waals surface area contributed by atoms with E-state index in [4.69, 9.17) is 0 Å². The van der Waals surface area contributed by atoms with E-state index >= 15 is 0 Å². The Morgan fingerprint density at radius 1 is 0.769 bits per heavy atom. The minimum Gasteiger partial charge on any atom is -0.327 e. The smallest absolute Gasteiger partial charge is 0.0992 e. The van der Waals surface area contributed by atoms with Gasteiger partial charge in [0, 0.05) is 28.7 Å². The molecule has 1 heterocycles. The van der Waals surface area contributed by atoms with E-state index in [0.29, 0.717) is 0 Å². The summed E-state index contributed by atoms with van der Waals surface area (Å²) >= 11 is 0. The fourth-order valence-electron chi connectivity index (χ4n) is 4.27. The van der Waals surface area contributed by atoms with Gasteiger partial charge in [0.15, 0.2) is 0 Å². The van der Waals surface area contributed by atoms with Crippen LogP contribution < -0.4 is 9.80 Å². The molecule has 0 spiro atoms. The van der Waals surface area contributed by atoms with Crippen LogP contribution in [0.3, 0.4) is 0 Å². The molecule has 0 radical (unpaired) electrons. The molecule has 2 heteroatoms. The van der Waals surface area contributed by atoms with E-state index in [1.165, 1.54) is 44.9 Å². The van der Waals surface area contributed by atoms with Crippen LogP contribution in [0.2, 0.25) is 0 Å². The van der Waals surface area contributed by atoms with Crippen LogP contribution in [0.1, 0.15) is 48.6 Å². The fraction of sp³-hybridized carbons (Fsp3) is 0.417. The quantitative estimate of drug-likeness (QED) is 0.619. The molecule has 0 unspecified atom stereocenters. The molecule has 0 amide bonds. The van der Waals surface area contributed by atoms with E-state index < -0.39 is 0 Å². The first-order chi connectivity index (χ1) is 12.1. The standard InChI is InChI=1S/C24H32N2/c1-16-12-19(4)22(20(5)13-16)25-14-21(24(6,7)8)26(15-25)23-17(2)10-9-11-18(23)3/h9-14H,15H2,1-8H3. The van der Waals surface area contributed by atoms with Gasteiger partial charge in [-0.25, -0.2) is 0 Å². The van der Waals surface area contributed by atoms with Crippen molar-refractivity contribution in [2.24, 2.45) is 5.41 Å². The van der Waals surface area contributed by atoms with Crippen LogP contribution >= 0.6 is 0 Å². The topological polar surface area (TPSA) is 6.48 Å². The Morgan fingerprint density at radius 3 is 1.81 bits per heavy atom. The number of rotatable bonds is 2. The molecule has 2 aromatic carbocycles. The monoisotopic (exact) mass is 348 g/mol. The normalized spacial score (nSPS) is 14.8. The number of para-hydroxylation sites is 1. The lowest BCUT2D eigenvalue weighted by Gasteiger charge is -2.33. The molecule has 1 aliphatic rings. The molecule has 0 bridgehead atoms. The zero-order valence-electron chi connectivity index (χ0n) is 17.6. The second kappa shape index (κ2) is 6.50. The van der Waals surface area contributed by atoms with Crippen molar-refractivity contribution in [2.45, 2.75) is 55.4 Å². The Kier molecular flexibility index (Phi) is 4.64. The molecular formula is C24H32N2. The average molecular weight is 349 g/mol. The van der Waals surface area contributed by atoms with Crippen molar-refractivity contribution in [3.63, 3.8) is 0 Å². The van der Waals surface area contributed by atoms with Crippen molar-refractivity contribution in [1.29, 1.82) is 0 Å². The van der Waals surface area contributed by atoms with Gasteiger partial charge >= 0.3 is 0 Å². The van der Waals surface area contributed by atoms with E-state index in [1.54, 1.807) is 0 Å². The van der Waals surface area contributed by atoms with Crippen molar-refractivity contribution >= 4 is 11.4 Å². The first-order valence-corrected chi connectivity index (χ1v) is 9.50. The van der Waals surface area contributed by atoms with E-state index in [0.717, 1.165) is 6.67 Å². The summed E-state index contributed by atoms with van der Waals surface area (Å²) in [7, 11) is 0. The Labute approximate surface area is 159 Å². The summed E-state index contributed by atoms with van der Waals surface area (Å²) in [6, 6.07) is 11.2. The van der Waals surface area contributed by atoms with Crippen LogP contribution in [-0.4, -0.2) is 6.67 Å². The molecule has 1 aliphatic heterocycles. The Balaban J connectivity index is 2.12. The first-order valence-electron chi connectivity index (χ1n) is 9.50. The van der Waals surface area contributed by atoms with Crippen LogP contribution in [0.15, 0.2) is 42.2 Å². The largest absolute Gasteiger partial charge is 0.327 e. The summed E-state index contributed by atoms with van der Waals surface area (Å²) in [6.45, 7) is 18.8. The van der Waals surface area contributed by atoms with Crippen molar-refractivity contribution < 1.29 is 0 Å². The lowest BCUT2D eigenvalue weighted by Crippen LogP contribution is -2.32. The average Bonchev–Trinajstić information content (AvgIpc) is 2.90. The van der Waals surface area contributed by atoms with Gasteiger partial charge in [0.25, 0.3) is 0 Å². The molecule has 0 aromatic heterocycles. The van der Waals surface area contributed by atoms with E-state index in [2.05, 4.69) is 102 Å². The van der Waals surface area contributed by atoms with E-state index in [1.807, 2.05) is 0 Å². The van der Waals surface area contributed by atoms with Gasteiger partial charge in [-0.15, -0.1) is 0 Å². The Hall–Kier alpha value is -2.22. The minimum atomic E-state index is 0.0793. The second-order valence-corrected chi connectivity index (χ2v) is 8.79. The summed E-state index contributed by atoms with van der Waals surface area (Å²) in [6.07, 6.45) is 2.36. The van der Waals surface area contributed by atoms with Crippen molar-refractivity contribution in [2.75, 3.05) is 16.5 Å². The Bertz CT molecular complexity index is 825. The van der Waals surface area contributed by atoms with Crippen LogP contribution in [0.4, 0.5) is 11.4 Å². The molecule has 0 saturated carbocycles. The summed E-state index contributed by atoms with van der Waals surface area (Å²) in [4.78, 5) is 4.93. The number of hydrogen-bond donors (Lipinski definition) is 0. The van der Waals surface area contributed by atoms with Crippen LogP contribution in [0.25, 0.3) is 0 Å². The van der Waals surface area contributed by atoms with Gasteiger partial charge in [-0.1, -0.05) is 56.7 Å². The van der Waals surface area contributed by atoms with Gasteiger partial charge in [-0.05, 0) is 56.9 Å². The van der Waals surface area contributed by atoms with Crippen LogP contribution in [0.5, 0.6) is 0 Å². The van der Waals surface area contributed by atoms with Crippen molar-refractivity contribution in [3.8, 4) is 0 Å². The number of nitrogens with zero attached hydrogens (tertiary/aromatic N) is 2. The molecule has 2 nitrogen and oxygen atoms in total. The first kappa shape index (κ1) is 18.6. The second-order valence-electron chi connectivity index (χ2n) is 8.79. The number of allylic oxidation sites excluding steroid dienone is 1. The highest BCUT2D eigenvalue weighted by Gasteiger charge is 2.33. The summed E-state index contributed by atoms with van der Waals surface area (Å²) < 4.78 is 0. The molecule has 0 atom stereocenters. The van der Waals surface area contributed by atoms with Gasteiger partial charge in [0.05, 0.1) is 6.67 Å². The summed E-state index contributed by atoms with van der Waals surface area (Å²) in [5.74, 6) is 0. The highest BCUT2D eigenvalue weighted by molar-refractivity contribution is 5.71. The van der Waals surface area contributed by atoms with Crippen molar-refractivity contribution in [1.82, 2.24) is 0 Å². The molecule has 0 fully saturated rings. The van der Waals surface area contributed by atoms with Crippen LogP contribution in [-0.2, 0) is 0 Å². The van der Waals surface area contributed by atoms with Crippen LogP contribution in [0, 0.1) is 40.0 Å². The zero-order valence-corrected chi connectivity index (χ0v) is 17.6. The van der Waals surface area contributed by atoms with Gasteiger partial charge in [-0.3, -0.25) is 0 Å². The maximum Gasteiger partial charge on any atom is 0.0992 e. The summed E-state index contributed by atoms with van der Waals surface area (Å²) in [5.41, 5.74) is 10.8. The zero-order chi connectivity index (χ0) is 19.2. The molecular weight excluding hydrogens is 316 g/mol. The number of benzene rings is 2. The number of aryl methyl sites for hydroxylation is 5.